The van der Waals surface area contributed by atoms with E-state index in [4.69, 9.17) is 9.47 Å². The van der Waals surface area contributed by atoms with E-state index in [2.05, 4.69) is 0 Å². The zero-order chi connectivity index (χ0) is 19.7. The highest BCUT2D eigenvalue weighted by Crippen LogP contribution is 2.20. The van der Waals surface area contributed by atoms with E-state index in [0.717, 1.165) is 11.6 Å². The third-order valence-corrected chi connectivity index (χ3v) is 5.90. The molecule has 0 spiro atoms. The Kier molecular flexibility index (Phi) is 8.37. The average molecular weight is 395 g/mol. The molecule has 0 radical (unpaired) electrons. The van der Waals surface area contributed by atoms with E-state index >= 15 is 0 Å². The normalized spacial score (nSPS) is 12.0. The maximum absolute atomic E-state index is 14.2. The fourth-order valence-electron chi connectivity index (χ4n) is 2.69. The average Bonchev–Trinajstić information content (AvgIpc) is 2.66. The van der Waals surface area contributed by atoms with Crippen LogP contribution in [-0.4, -0.2) is 45.3 Å². The monoisotopic (exact) mass is 395 g/mol. The van der Waals surface area contributed by atoms with Crippen molar-refractivity contribution in [2.24, 2.45) is 0 Å². The molecule has 0 saturated heterocycles. The van der Waals surface area contributed by atoms with Crippen LogP contribution in [0.2, 0.25) is 0 Å². The molecule has 27 heavy (non-hydrogen) atoms. The number of hydrogen-bond donors (Lipinski definition) is 0. The molecule has 0 amide bonds. The molecular weight excluding hydrogens is 369 g/mol. The second-order valence-corrected chi connectivity index (χ2v) is 7.78. The highest BCUT2D eigenvalue weighted by atomic mass is 32.2. The molecule has 0 unspecified atom stereocenters. The van der Waals surface area contributed by atoms with Crippen LogP contribution in [-0.2, 0) is 25.9 Å². The van der Waals surface area contributed by atoms with Crippen LogP contribution < -0.4 is 0 Å². The molecule has 0 aliphatic heterocycles. The van der Waals surface area contributed by atoms with Crippen molar-refractivity contribution in [3.8, 4) is 0 Å². The van der Waals surface area contributed by atoms with Gasteiger partial charge in [0.1, 0.15) is 10.7 Å². The number of benzene rings is 2. The van der Waals surface area contributed by atoms with Crippen molar-refractivity contribution < 1.29 is 22.3 Å². The number of hydrogen-bond acceptors (Lipinski definition) is 4. The summed E-state index contributed by atoms with van der Waals surface area (Å²) in [5.74, 6) is -0.772. The molecule has 5 nitrogen and oxygen atoms in total. The Bertz CT molecular complexity index is 793. The van der Waals surface area contributed by atoms with Gasteiger partial charge in [-0.2, -0.15) is 4.31 Å². The highest BCUT2D eigenvalue weighted by Gasteiger charge is 2.29. The van der Waals surface area contributed by atoms with Gasteiger partial charge in [-0.25, -0.2) is 12.8 Å². The molecule has 0 aliphatic carbocycles. The molecule has 0 aliphatic rings. The lowest BCUT2D eigenvalue weighted by Gasteiger charge is -2.27. The van der Waals surface area contributed by atoms with E-state index in [1.165, 1.54) is 22.5 Å². The molecule has 0 bridgehead atoms. The number of rotatable bonds is 11. The van der Waals surface area contributed by atoms with Gasteiger partial charge < -0.3 is 9.47 Å². The summed E-state index contributed by atoms with van der Waals surface area (Å²) >= 11 is 0. The fraction of sp³-hybridized carbons (Fsp3) is 0.400. The molecular formula is C20H26FNO4S. The smallest absolute Gasteiger partial charge is 0.246 e. The Morgan fingerprint density at radius 2 is 1.56 bits per heavy atom. The molecule has 0 fully saturated rings. The van der Waals surface area contributed by atoms with E-state index in [1.54, 1.807) is 0 Å². The van der Waals surface area contributed by atoms with Crippen LogP contribution in [0.1, 0.15) is 19.4 Å². The minimum absolute atomic E-state index is 0.00875. The summed E-state index contributed by atoms with van der Waals surface area (Å²) in [6.45, 7) is 4.58. The van der Waals surface area contributed by atoms with Gasteiger partial charge in [0, 0.05) is 19.8 Å². The minimum atomic E-state index is -4.04. The molecule has 0 N–H and O–H groups in total. The molecule has 2 rings (SSSR count). The van der Waals surface area contributed by atoms with Gasteiger partial charge in [0.05, 0.1) is 6.54 Å². The van der Waals surface area contributed by atoms with Crippen molar-refractivity contribution in [2.75, 3.05) is 26.3 Å². The number of nitrogens with zero attached hydrogens (tertiary/aromatic N) is 1. The summed E-state index contributed by atoms with van der Waals surface area (Å²) < 4.78 is 52.6. The quantitative estimate of drug-likeness (QED) is 0.547. The van der Waals surface area contributed by atoms with Crippen LogP contribution in [0.3, 0.4) is 0 Å². The Balaban J connectivity index is 2.28. The van der Waals surface area contributed by atoms with Crippen LogP contribution in [0, 0.1) is 5.82 Å². The van der Waals surface area contributed by atoms with Crippen molar-refractivity contribution >= 4 is 10.0 Å². The molecule has 2 aromatic carbocycles. The SMILES string of the molecule is CCOC(CN(CCc1ccccc1)S(=O)(=O)c1ccccc1F)OCC. The fourth-order valence-corrected chi connectivity index (χ4v) is 4.19. The zero-order valence-electron chi connectivity index (χ0n) is 15.7. The molecule has 2 aromatic rings. The molecule has 7 heteroatoms. The van der Waals surface area contributed by atoms with Crippen molar-refractivity contribution in [1.82, 2.24) is 4.31 Å². The lowest BCUT2D eigenvalue weighted by Crippen LogP contribution is -2.41. The van der Waals surface area contributed by atoms with Crippen LogP contribution in [0.25, 0.3) is 0 Å². The Morgan fingerprint density at radius 1 is 0.963 bits per heavy atom. The Morgan fingerprint density at radius 3 is 2.15 bits per heavy atom. The first-order valence-corrected chi connectivity index (χ1v) is 10.4. The van der Waals surface area contributed by atoms with Gasteiger partial charge in [-0.1, -0.05) is 42.5 Å². The van der Waals surface area contributed by atoms with E-state index in [9.17, 15) is 12.8 Å². The summed E-state index contributed by atoms with van der Waals surface area (Å²) in [7, 11) is -4.04. The van der Waals surface area contributed by atoms with Crippen LogP contribution in [0.4, 0.5) is 4.39 Å². The molecule has 0 atom stereocenters. The van der Waals surface area contributed by atoms with Gasteiger partial charge in [-0.05, 0) is 38.0 Å². The molecule has 0 saturated carbocycles. The minimum Gasteiger partial charge on any atom is -0.352 e. The maximum Gasteiger partial charge on any atom is 0.246 e. The first-order valence-electron chi connectivity index (χ1n) is 9.00. The number of halogens is 1. The highest BCUT2D eigenvalue weighted by molar-refractivity contribution is 7.89. The Labute approximate surface area is 160 Å². The second-order valence-electron chi connectivity index (χ2n) is 5.87. The number of sulfonamides is 1. The predicted molar refractivity (Wildman–Crippen MR) is 102 cm³/mol. The summed E-state index contributed by atoms with van der Waals surface area (Å²) in [6, 6.07) is 14.9. The summed E-state index contributed by atoms with van der Waals surface area (Å²) in [5, 5.41) is 0. The van der Waals surface area contributed by atoms with Crippen LogP contribution in [0.15, 0.2) is 59.5 Å². The van der Waals surface area contributed by atoms with E-state index < -0.39 is 22.1 Å². The van der Waals surface area contributed by atoms with Gasteiger partial charge in [0.15, 0.2) is 6.29 Å². The van der Waals surface area contributed by atoms with Gasteiger partial charge in [-0.15, -0.1) is 0 Å². The standard InChI is InChI=1S/C20H26FNO4S/c1-3-25-20(26-4-2)16-22(15-14-17-10-6-5-7-11-17)27(23,24)19-13-9-8-12-18(19)21/h5-13,20H,3-4,14-16H2,1-2H3. The molecule has 0 heterocycles. The largest absolute Gasteiger partial charge is 0.352 e. The first kappa shape index (κ1) is 21.5. The van der Waals surface area contributed by atoms with Gasteiger partial charge in [-0.3, -0.25) is 0 Å². The molecule has 0 aromatic heterocycles. The lowest BCUT2D eigenvalue weighted by atomic mass is 10.1. The third-order valence-electron chi connectivity index (χ3n) is 4.01. The second kappa shape index (κ2) is 10.5. The van der Waals surface area contributed by atoms with Crippen molar-refractivity contribution in [3.05, 3.63) is 66.0 Å². The first-order chi connectivity index (χ1) is 13.0. The van der Waals surface area contributed by atoms with Crippen molar-refractivity contribution in [1.29, 1.82) is 0 Å². The van der Waals surface area contributed by atoms with Crippen molar-refractivity contribution in [2.45, 2.75) is 31.5 Å². The summed E-state index contributed by atoms with van der Waals surface area (Å²) in [6.07, 6.45) is -0.211. The van der Waals surface area contributed by atoms with E-state index in [-0.39, 0.29) is 18.0 Å². The van der Waals surface area contributed by atoms with Gasteiger partial charge in [0.25, 0.3) is 0 Å². The van der Waals surface area contributed by atoms with E-state index in [0.29, 0.717) is 19.6 Å². The number of ether oxygens (including phenoxy) is 2. The van der Waals surface area contributed by atoms with Gasteiger partial charge in [0.2, 0.25) is 10.0 Å². The van der Waals surface area contributed by atoms with Crippen LogP contribution >= 0.6 is 0 Å². The van der Waals surface area contributed by atoms with Crippen LogP contribution in [0.5, 0.6) is 0 Å². The summed E-state index contributed by atoms with van der Waals surface area (Å²) in [5.41, 5.74) is 0.996. The maximum atomic E-state index is 14.2. The van der Waals surface area contributed by atoms with Crippen molar-refractivity contribution in [3.63, 3.8) is 0 Å². The topological polar surface area (TPSA) is 55.8 Å². The van der Waals surface area contributed by atoms with Gasteiger partial charge >= 0.3 is 0 Å². The zero-order valence-corrected chi connectivity index (χ0v) is 16.5. The lowest BCUT2D eigenvalue weighted by molar-refractivity contribution is -0.140. The predicted octanol–water partition coefficient (Wildman–Crippen LogP) is 3.46. The Hall–Kier alpha value is -1.80. The third kappa shape index (κ3) is 6.10. The summed E-state index contributed by atoms with van der Waals surface area (Å²) in [4.78, 5) is -0.343. The molecule has 148 valence electrons. The van der Waals surface area contributed by atoms with E-state index in [1.807, 2.05) is 44.2 Å².